The average Bonchev–Trinajstić information content (AvgIpc) is 3.29. The first kappa shape index (κ1) is 26.0. The van der Waals surface area contributed by atoms with Crippen LogP contribution in [0.5, 0.6) is 0 Å². The van der Waals surface area contributed by atoms with Crippen molar-refractivity contribution in [2.75, 3.05) is 58.4 Å². The van der Waals surface area contributed by atoms with Crippen molar-refractivity contribution in [3.63, 3.8) is 0 Å². The van der Waals surface area contributed by atoms with Gasteiger partial charge in [0.1, 0.15) is 0 Å². The molecule has 188 valence electrons. The number of aryl methyl sites for hydroxylation is 1. The van der Waals surface area contributed by atoms with Crippen LogP contribution >= 0.6 is 22.9 Å². The summed E-state index contributed by atoms with van der Waals surface area (Å²) in [5, 5.41) is 1.24. The van der Waals surface area contributed by atoms with Crippen molar-refractivity contribution < 1.29 is 17.9 Å². The van der Waals surface area contributed by atoms with Crippen LogP contribution in [0.3, 0.4) is 0 Å². The van der Waals surface area contributed by atoms with Gasteiger partial charge >= 0.3 is 0 Å². The van der Waals surface area contributed by atoms with Gasteiger partial charge in [0.25, 0.3) is 5.91 Å². The molecule has 0 unspecified atom stereocenters. The molecule has 1 fully saturated rings. The van der Waals surface area contributed by atoms with Crippen LogP contribution in [0.15, 0.2) is 41.3 Å². The number of ether oxygens (including phenoxy) is 1. The second kappa shape index (κ2) is 10.9. The molecule has 0 spiro atoms. The number of hydrogen-bond acceptors (Lipinski definition) is 7. The Bertz CT molecular complexity index is 1300. The van der Waals surface area contributed by atoms with Crippen molar-refractivity contribution in [1.29, 1.82) is 0 Å². The SMILES string of the molecule is Cc1c(Cl)ccc2sc(N(CCCN3CCOCC3)C(=O)c3ccc(S(=O)(=O)N(C)C)cc3)nc12. The zero-order valence-corrected chi connectivity index (χ0v) is 22.4. The third kappa shape index (κ3) is 5.68. The molecule has 0 radical (unpaired) electrons. The summed E-state index contributed by atoms with van der Waals surface area (Å²) >= 11 is 7.74. The third-order valence-electron chi connectivity index (χ3n) is 6.05. The van der Waals surface area contributed by atoms with Gasteiger partial charge in [0.15, 0.2) is 5.13 Å². The molecule has 1 saturated heterocycles. The predicted octanol–water partition coefficient (Wildman–Crippen LogP) is 3.88. The van der Waals surface area contributed by atoms with Crippen molar-refractivity contribution in [2.45, 2.75) is 18.2 Å². The number of nitrogens with zero attached hydrogens (tertiary/aromatic N) is 4. The molecule has 1 aromatic heterocycles. The molecule has 0 N–H and O–H groups in total. The fraction of sp³-hybridized carbons (Fsp3) is 0.417. The van der Waals surface area contributed by atoms with Gasteiger partial charge in [-0.15, -0.1) is 0 Å². The lowest BCUT2D eigenvalue weighted by Gasteiger charge is -2.27. The maximum absolute atomic E-state index is 13.6. The number of hydrogen-bond donors (Lipinski definition) is 0. The number of amides is 1. The van der Waals surface area contributed by atoms with Crippen molar-refractivity contribution in [3.8, 4) is 0 Å². The second-order valence-electron chi connectivity index (χ2n) is 8.59. The van der Waals surface area contributed by atoms with Crippen LogP contribution in [0, 0.1) is 6.92 Å². The van der Waals surface area contributed by atoms with Gasteiger partial charge in [0.2, 0.25) is 10.0 Å². The largest absolute Gasteiger partial charge is 0.379 e. The highest BCUT2D eigenvalue weighted by Gasteiger charge is 2.24. The summed E-state index contributed by atoms with van der Waals surface area (Å²) in [4.78, 5) is 22.6. The van der Waals surface area contributed by atoms with E-state index >= 15 is 0 Å². The normalized spacial score (nSPS) is 15.1. The minimum Gasteiger partial charge on any atom is -0.379 e. The van der Waals surface area contributed by atoms with Gasteiger partial charge in [-0.3, -0.25) is 14.6 Å². The molecule has 2 aromatic carbocycles. The highest BCUT2D eigenvalue weighted by atomic mass is 35.5. The van der Waals surface area contributed by atoms with E-state index in [9.17, 15) is 13.2 Å². The van der Waals surface area contributed by atoms with Gasteiger partial charge in [0.05, 0.1) is 28.3 Å². The van der Waals surface area contributed by atoms with E-state index in [1.807, 2.05) is 19.1 Å². The summed E-state index contributed by atoms with van der Waals surface area (Å²) in [6, 6.07) is 9.82. The fourth-order valence-corrected chi connectivity index (χ4v) is 6.01. The van der Waals surface area contributed by atoms with Gasteiger partial charge in [0, 0.05) is 50.9 Å². The Hall–Kier alpha value is -2.08. The molecular weight excluding hydrogens is 508 g/mol. The first-order chi connectivity index (χ1) is 16.7. The highest BCUT2D eigenvalue weighted by Crippen LogP contribution is 2.34. The smallest absolute Gasteiger partial charge is 0.260 e. The molecule has 0 saturated carbocycles. The van der Waals surface area contributed by atoms with Gasteiger partial charge in [-0.1, -0.05) is 22.9 Å². The first-order valence-corrected chi connectivity index (χ1v) is 14.0. The average molecular weight is 537 g/mol. The van der Waals surface area contributed by atoms with Crippen LogP contribution in [0.4, 0.5) is 5.13 Å². The summed E-state index contributed by atoms with van der Waals surface area (Å²) in [5.41, 5.74) is 2.07. The number of carbonyl (C=O) groups excluding carboxylic acids is 1. The first-order valence-electron chi connectivity index (χ1n) is 11.4. The van der Waals surface area contributed by atoms with E-state index in [1.165, 1.54) is 37.6 Å². The molecule has 35 heavy (non-hydrogen) atoms. The predicted molar refractivity (Wildman–Crippen MR) is 140 cm³/mol. The number of thiazole rings is 1. The van der Waals surface area contributed by atoms with E-state index in [2.05, 4.69) is 4.90 Å². The van der Waals surface area contributed by atoms with Crippen LogP contribution in [-0.2, 0) is 14.8 Å². The van der Waals surface area contributed by atoms with Crippen LogP contribution in [-0.4, -0.2) is 82.0 Å². The molecule has 0 bridgehead atoms. The van der Waals surface area contributed by atoms with E-state index in [4.69, 9.17) is 21.3 Å². The number of benzene rings is 2. The van der Waals surface area contributed by atoms with Crippen LogP contribution in [0.1, 0.15) is 22.3 Å². The maximum Gasteiger partial charge on any atom is 0.260 e. The Balaban J connectivity index is 1.61. The Morgan fingerprint density at radius 2 is 1.83 bits per heavy atom. The quantitative estimate of drug-likeness (QED) is 0.434. The maximum atomic E-state index is 13.6. The Morgan fingerprint density at radius 1 is 1.14 bits per heavy atom. The summed E-state index contributed by atoms with van der Waals surface area (Å²) in [6.45, 7) is 6.47. The van der Waals surface area contributed by atoms with Crippen LogP contribution < -0.4 is 4.90 Å². The Labute approximate surface area is 215 Å². The number of carbonyl (C=O) groups is 1. The molecule has 2 heterocycles. The molecular formula is C24H29ClN4O4S2. The summed E-state index contributed by atoms with van der Waals surface area (Å²) < 4.78 is 32.4. The molecule has 1 aliphatic rings. The minimum absolute atomic E-state index is 0.142. The van der Waals surface area contributed by atoms with Crippen LogP contribution in [0.25, 0.3) is 10.2 Å². The number of fused-ring (bicyclic) bond motifs is 1. The highest BCUT2D eigenvalue weighted by molar-refractivity contribution is 7.89. The molecule has 1 amide bonds. The number of morpholine rings is 1. The minimum atomic E-state index is -3.57. The van der Waals surface area contributed by atoms with Gasteiger partial charge in [-0.05, 0) is 55.3 Å². The molecule has 3 aromatic rings. The van der Waals surface area contributed by atoms with E-state index < -0.39 is 10.0 Å². The molecule has 4 rings (SSSR count). The summed E-state index contributed by atoms with van der Waals surface area (Å²) in [5.74, 6) is -0.219. The number of rotatable bonds is 8. The Kier molecular flexibility index (Phi) is 8.09. The van der Waals surface area contributed by atoms with Gasteiger partial charge in [-0.25, -0.2) is 17.7 Å². The monoisotopic (exact) mass is 536 g/mol. The number of halogens is 1. The summed E-state index contributed by atoms with van der Waals surface area (Å²) in [6.07, 6.45) is 0.772. The zero-order valence-electron chi connectivity index (χ0n) is 20.0. The zero-order chi connectivity index (χ0) is 25.2. The van der Waals surface area contributed by atoms with Crippen molar-refractivity contribution in [1.82, 2.24) is 14.2 Å². The second-order valence-corrected chi connectivity index (χ2v) is 12.2. The van der Waals surface area contributed by atoms with E-state index in [0.29, 0.717) is 22.3 Å². The van der Waals surface area contributed by atoms with E-state index in [1.54, 1.807) is 17.0 Å². The third-order valence-corrected chi connectivity index (χ3v) is 9.33. The lowest BCUT2D eigenvalue weighted by atomic mass is 10.2. The standard InChI is InChI=1S/C24H29ClN4O4S2/c1-17-20(25)9-10-21-22(17)26-24(34-21)29(12-4-11-28-13-15-33-16-14-28)23(30)18-5-7-19(8-6-18)35(31,32)27(2)3/h5-10H,4,11-16H2,1-3H3. The molecule has 0 atom stereocenters. The topological polar surface area (TPSA) is 83.0 Å². The lowest BCUT2D eigenvalue weighted by molar-refractivity contribution is 0.0376. The molecule has 8 nitrogen and oxygen atoms in total. The van der Waals surface area contributed by atoms with Crippen molar-refractivity contribution in [3.05, 3.63) is 52.5 Å². The van der Waals surface area contributed by atoms with Crippen molar-refractivity contribution >= 4 is 54.2 Å². The van der Waals surface area contributed by atoms with Crippen LogP contribution in [0.2, 0.25) is 5.02 Å². The molecule has 0 aliphatic carbocycles. The van der Waals surface area contributed by atoms with Gasteiger partial charge < -0.3 is 4.74 Å². The number of aromatic nitrogens is 1. The Morgan fingerprint density at radius 3 is 2.49 bits per heavy atom. The number of sulfonamides is 1. The lowest BCUT2D eigenvalue weighted by Crippen LogP contribution is -2.39. The van der Waals surface area contributed by atoms with E-state index in [0.717, 1.165) is 59.4 Å². The number of anilines is 1. The summed E-state index contributed by atoms with van der Waals surface area (Å²) in [7, 11) is -0.618. The molecule has 1 aliphatic heterocycles. The van der Waals surface area contributed by atoms with Gasteiger partial charge in [-0.2, -0.15) is 0 Å². The fourth-order valence-electron chi connectivity index (χ4n) is 3.90. The van der Waals surface area contributed by atoms with Crippen molar-refractivity contribution in [2.24, 2.45) is 0 Å². The van der Waals surface area contributed by atoms with E-state index in [-0.39, 0.29) is 10.8 Å². The molecule has 11 heteroatoms.